The van der Waals surface area contributed by atoms with Crippen LogP contribution in [0.5, 0.6) is 0 Å². The molecular formula is C21H25N3O2S. The van der Waals surface area contributed by atoms with Crippen LogP contribution in [0.2, 0.25) is 0 Å². The molecule has 0 unspecified atom stereocenters. The Balaban J connectivity index is 1.79. The van der Waals surface area contributed by atoms with Crippen LogP contribution in [-0.2, 0) is 16.6 Å². The Morgan fingerprint density at radius 1 is 1.07 bits per heavy atom. The molecule has 0 saturated carbocycles. The van der Waals surface area contributed by atoms with Crippen LogP contribution in [0.15, 0.2) is 59.5 Å². The lowest BCUT2D eigenvalue weighted by atomic mass is 10.1. The lowest BCUT2D eigenvalue weighted by molar-refractivity contribution is 0.410. The van der Waals surface area contributed by atoms with Crippen molar-refractivity contribution in [1.29, 1.82) is 0 Å². The van der Waals surface area contributed by atoms with E-state index in [0.29, 0.717) is 11.4 Å². The number of nitrogens with zero attached hydrogens (tertiary/aromatic N) is 2. The summed E-state index contributed by atoms with van der Waals surface area (Å²) in [7, 11) is -1.85. The Hall–Kier alpha value is -2.44. The molecule has 1 N–H and O–H groups in total. The number of pyridine rings is 1. The molecule has 0 aliphatic heterocycles. The molecule has 0 amide bonds. The van der Waals surface area contributed by atoms with Crippen molar-refractivity contribution >= 4 is 26.6 Å². The Morgan fingerprint density at radius 3 is 2.41 bits per heavy atom. The molecule has 0 bridgehead atoms. The summed E-state index contributed by atoms with van der Waals surface area (Å²) in [6.45, 7) is 6.30. The summed E-state index contributed by atoms with van der Waals surface area (Å²) in [6, 6.07) is 17.0. The highest BCUT2D eigenvalue weighted by molar-refractivity contribution is 7.89. The lowest BCUT2D eigenvalue weighted by Gasteiger charge is -2.21. The highest BCUT2D eigenvalue weighted by atomic mass is 32.2. The number of para-hydroxylation sites is 1. The number of nitrogens with one attached hydrogen (secondary N) is 1. The minimum Gasteiger partial charge on any atom is -0.380 e. The van der Waals surface area contributed by atoms with Crippen LogP contribution in [0.1, 0.15) is 25.1 Å². The van der Waals surface area contributed by atoms with E-state index in [4.69, 9.17) is 0 Å². The quantitative estimate of drug-likeness (QED) is 0.693. The van der Waals surface area contributed by atoms with E-state index in [1.807, 2.05) is 63.2 Å². The zero-order valence-corrected chi connectivity index (χ0v) is 16.9. The van der Waals surface area contributed by atoms with E-state index in [9.17, 15) is 8.42 Å². The van der Waals surface area contributed by atoms with Crippen molar-refractivity contribution in [3.05, 3.63) is 65.9 Å². The molecule has 0 saturated heterocycles. The van der Waals surface area contributed by atoms with E-state index < -0.39 is 10.0 Å². The zero-order valence-electron chi connectivity index (χ0n) is 16.1. The van der Waals surface area contributed by atoms with Gasteiger partial charge in [-0.25, -0.2) is 8.42 Å². The zero-order chi connectivity index (χ0) is 19.6. The average Bonchev–Trinajstić information content (AvgIpc) is 2.65. The van der Waals surface area contributed by atoms with Gasteiger partial charge in [0.05, 0.1) is 10.4 Å². The predicted molar refractivity (Wildman–Crippen MR) is 110 cm³/mol. The average molecular weight is 384 g/mol. The predicted octanol–water partition coefficient (Wildman–Crippen LogP) is 4.18. The minimum atomic E-state index is -3.45. The first-order valence-corrected chi connectivity index (χ1v) is 10.4. The molecule has 27 heavy (non-hydrogen) atoms. The van der Waals surface area contributed by atoms with E-state index in [-0.39, 0.29) is 6.04 Å². The molecule has 6 heteroatoms. The lowest BCUT2D eigenvalue weighted by Crippen LogP contribution is -2.33. The molecule has 142 valence electrons. The molecule has 0 atom stereocenters. The van der Waals surface area contributed by atoms with Gasteiger partial charge in [-0.15, -0.1) is 0 Å². The topological polar surface area (TPSA) is 62.3 Å². The molecule has 3 rings (SSSR count). The van der Waals surface area contributed by atoms with Crippen LogP contribution < -0.4 is 5.32 Å². The van der Waals surface area contributed by atoms with Crippen molar-refractivity contribution in [2.45, 2.75) is 38.3 Å². The number of rotatable bonds is 6. The maximum Gasteiger partial charge on any atom is 0.243 e. The minimum absolute atomic E-state index is 0.0837. The first-order valence-electron chi connectivity index (χ1n) is 8.96. The van der Waals surface area contributed by atoms with Crippen LogP contribution in [0.25, 0.3) is 10.9 Å². The molecule has 3 aromatic rings. The molecular weight excluding hydrogens is 358 g/mol. The fourth-order valence-electron chi connectivity index (χ4n) is 2.87. The second kappa shape index (κ2) is 7.66. The fraction of sp³-hybridized carbons (Fsp3) is 0.286. The maximum absolute atomic E-state index is 12.6. The molecule has 1 heterocycles. The van der Waals surface area contributed by atoms with E-state index >= 15 is 0 Å². The smallest absolute Gasteiger partial charge is 0.243 e. The number of aryl methyl sites for hydroxylation is 1. The first-order chi connectivity index (χ1) is 12.8. The molecule has 2 aromatic carbocycles. The number of sulfonamides is 1. The Morgan fingerprint density at radius 2 is 1.74 bits per heavy atom. The summed E-state index contributed by atoms with van der Waals surface area (Å²) < 4.78 is 26.5. The van der Waals surface area contributed by atoms with Crippen molar-refractivity contribution in [3.8, 4) is 0 Å². The Labute approximate surface area is 161 Å². The van der Waals surface area contributed by atoms with Crippen LogP contribution in [0.3, 0.4) is 0 Å². The van der Waals surface area contributed by atoms with Crippen LogP contribution in [0, 0.1) is 6.92 Å². The van der Waals surface area contributed by atoms with Crippen molar-refractivity contribution in [3.63, 3.8) is 0 Å². The summed E-state index contributed by atoms with van der Waals surface area (Å²) in [4.78, 5) is 4.86. The first kappa shape index (κ1) is 19.3. The number of anilines is 1. The second-order valence-electron chi connectivity index (χ2n) is 6.94. The van der Waals surface area contributed by atoms with Crippen molar-refractivity contribution in [2.24, 2.45) is 0 Å². The third-order valence-electron chi connectivity index (χ3n) is 4.65. The van der Waals surface area contributed by atoms with E-state index in [0.717, 1.165) is 27.8 Å². The van der Waals surface area contributed by atoms with Crippen molar-refractivity contribution in [1.82, 2.24) is 9.29 Å². The highest BCUT2D eigenvalue weighted by Gasteiger charge is 2.22. The highest BCUT2D eigenvalue weighted by Crippen LogP contribution is 2.24. The summed E-state index contributed by atoms with van der Waals surface area (Å²) in [6.07, 6.45) is 0. The van der Waals surface area contributed by atoms with Gasteiger partial charge in [-0.3, -0.25) is 4.98 Å². The molecule has 0 fully saturated rings. The van der Waals surface area contributed by atoms with Gasteiger partial charge in [-0.2, -0.15) is 4.31 Å². The monoisotopic (exact) mass is 383 g/mol. The van der Waals surface area contributed by atoms with Gasteiger partial charge >= 0.3 is 0 Å². The molecule has 5 nitrogen and oxygen atoms in total. The molecule has 1 aromatic heterocycles. The maximum atomic E-state index is 12.6. The number of fused-ring (bicyclic) bond motifs is 1. The summed E-state index contributed by atoms with van der Waals surface area (Å²) in [5.74, 6) is 0. The van der Waals surface area contributed by atoms with Crippen LogP contribution >= 0.6 is 0 Å². The Kier molecular flexibility index (Phi) is 5.48. The third-order valence-corrected chi connectivity index (χ3v) is 6.70. The molecule has 0 aliphatic rings. The summed E-state index contributed by atoms with van der Waals surface area (Å²) in [5, 5.41) is 4.51. The number of benzene rings is 2. The summed E-state index contributed by atoms with van der Waals surface area (Å²) in [5.41, 5.74) is 3.95. The van der Waals surface area contributed by atoms with Gasteiger partial charge in [-0.05, 0) is 50.6 Å². The van der Waals surface area contributed by atoms with Gasteiger partial charge < -0.3 is 5.32 Å². The molecule has 0 radical (unpaired) electrons. The fourth-order valence-corrected chi connectivity index (χ4v) is 4.24. The number of aromatic nitrogens is 1. The Bertz CT molecular complexity index is 1040. The molecule has 0 aliphatic carbocycles. The SMILES string of the molecule is Cc1cc(NCc2ccc(S(=O)(=O)N(C)C(C)C)cc2)c2ccccc2n1. The van der Waals surface area contributed by atoms with Gasteiger partial charge in [0.2, 0.25) is 10.0 Å². The van der Waals surface area contributed by atoms with Gasteiger partial charge in [-0.1, -0.05) is 30.3 Å². The van der Waals surface area contributed by atoms with Crippen molar-refractivity contribution in [2.75, 3.05) is 12.4 Å². The third kappa shape index (κ3) is 4.12. The van der Waals surface area contributed by atoms with Gasteiger partial charge in [0.1, 0.15) is 0 Å². The van der Waals surface area contributed by atoms with Gasteiger partial charge in [0, 0.05) is 36.4 Å². The second-order valence-corrected chi connectivity index (χ2v) is 8.94. The number of hydrogen-bond donors (Lipinski definition) is 1. The van der Waals surface area contributed by atoms with E-state index in [1.165, 1.54) is 4.31 Å². The van der Waals surface area contributed by atoms with E-state index in [2.05, 4.69) is 10.3 Å². The normalized spacial score (nSPS) is 12.1. The number of hydrogen-bond acceptors (Lipinski definition) is 4. The largest absolute Gasteiger partial charge is 0.380 e. The van der Waals surface area contributed by atoms with Crippen LogP contribution in [0.4, 0.5) is 5.69 Å². The van der Waals surface area contributed by atoms with Crippen molar-refractivity contribution < 1.29 is 8.42 Å². The summed E-state index contributed by atoms with van der Waals surface area (Å²) >= 11 is 0. The van der Waals surface area contributed by atoms with E-state index in [1.54, 1.807) is 19.2 Å². The standard InChI is InChI=1S/C21H25N3O2S/c1-15(2)24(4)27(25,26)18-11-9-17(10-12-18)14-22-21-13-16(3)23-20-8-6-5-7-19(20)21/h5-13,15H,14H2,1-4H3,(H,22,23). The van der Waals surface area contributed by atoms with Gasteiger partial charge in [0.25, 0.3) is 0 Å². The molecule has 0 spiro atoms. The van der Waals surface area contributed by atoms with Crippen LogP contribution in [-0.4, -0.2) is 30.8 Å². The van der Waals surface area contributed by atoms with Gasteiger partial charge in [0.15, 0.2) is 0 Å².